The van der Waals surface area contributed by atoms with Gasteiger partial charge in [0.1, 0.15) is 0 Å². The van der Waals surface area contributed by atoms with Gasteiger partial charge in [-0.1, -0.05) is 18.6 Å². The predicted octanol–water partition coefficient (Wildman–Crippen LogP) is 3.59. The van der Waals surface area contributed by atoms with Crippen LogP contribution >= 0.6 is 0 Å². The molecule has 21 heavy (non-hydrogen) atoms. The molecule has 0 spiro atoms. The molecular weight excluding hydrogens is 262 g/mol. The van der Waals surface area contributed by atoms with E-state index < -0.39 is 0 Å². The summed E-state index contributed by atoms with van der Waals surface area (Å²) in [5.74, 6) is 0.261. The van der Waals surface area contributed by atoms with Gasteiger partial charge in [-0.25, -0.2) is 4.98 Å². The van der Waals surface area contributed by atoms with Gasteiger partial charge >= 0.3 is 0 Å². The number of rotatable bonds is 5. The van der Waals surface area contributed by atoms with E-state index in [0.717, 1.165) is 37.2 Å². The number of likely N-dealkylation sites (tertiary alicyclic amines) is 1. The average molecular weight is 289 g/mol. The van der Waals surface area contributed by atoms with Crippen molar-refractivity contribution in [2.24, 2.45) is 5.41 Å². The first kappa shape index (κ1) is 15.8. The number of hydrogen-bond acceptors (Lipinski definition) is 2. The molecule has 1 amide bonds. The van der Waals surface area contributed by atoms with E-state index in [1.165, 1.54) is 5.57 Å². The minimum absolute atomic E-state index is 0.226. The van der Waals surface area contributed by atoms with E-state index >= 15 is 0 Å². The summed E-state index contributed by atoms with van der Waals surface area (Å²) in [4.78, 5) is 21.6. The van der Waals surface area contributed by atoms with Gasteiger partial charge in [-0.15, -0.1) is 0 Å². The first-order valence-electron chi connectivity index (χ1n) is 7.80. The van der Waals surface area contributed by atoms with Gasteiger partial charge in [0.15, 0.2) is 0 Å². The van der Waals surface area contributed by atoms with Gasteiger partial charge in [-0.3, -0.25) is 4.79 Å². The molecule has 0 saturated carbocycles. The minimum atomic E-state index is 0.226. The molecule has 0 bridgehead atoms. The molecule has 1 aromatic rings. The molecule has 4 heteroatoms. The Labute approximate surface area is 127 Å². The number of allylic oxidation sites excluding steroid dienone is 2. The van der Waals surface area contributed by atoms with Crippen LogP contribution in [0.1, 0.15) is 57.8 Å². The molecular formula is C17H27N3O. The number of nitrogens with zero attached hydrogens (tertiary/aromatic N) is 2. The summed E-state index contributed by atoms with van der Waals surface area (Å²) in [5, 5.41) is 0. The van der Waals surface area contributed by atoms with Crippen molar-refractivity contribution in [2.75, 3.05) is 6.54 Å². The normalized spacial score (nSPS) is 22.5. The van der Waals surface area contributed by atoms with E-state index in [1.807, 2.05) is 11.8 Å². The summed E-state index contributed by atoms with van der Waals surface area (Å²) >= 11 is 0. The van der Waals surface area contributed by atoms with E-state index in [2.05, 4.69) is 36.8 Å². The van der Waals surface area contributed by atoms with Crippen LogP contribution < -0.4 is 0 Å². The highest BCUT2D eigenvalue weighted by molar-refractivity contribution is 5.77. The second kappa shape index (κ2) is 6.46. The number of imidazole rings is 1. The molecule has 0 aliphatic carbocycles. The molecule has 1 saturated heterocycles. The van der Waals surface area contributed by atoms with Crippen molar-refractivity contribution < 1.29 is 4.79 Å². The summed E-state index contributed by atoms with van der Waals surface area (Å²) in [6.07, 6.45) is 7.90. The van der Waals surface area contributed by atoms with Crippen molar-refractivity contribution in [3.63, 3.8) is 0 Å². The second-order valence-electron chi connectivity index (χ2n) is 6.85. The van der Waals surface area contributed by atoms with Crippen LogP contribution in [-0.4, -0.2) is 27.3 Å². The third-order valence-corrected chi connectivity index (χ3v) is 4.44. The highest BCUT2D eigenvalue weighted by Gasteiger charge is 2.34. The number of carbonyl (C=O) groups is 1. The third kappa shape index (κ3) is 4.19. The maximum Gasteiger partial charge on any atom is 0.222 e. The van der Waals surface area contributed by atoms with E-state index in [9.17, 15) is 4.79 Å². The molecule has 1 N–H and O–H groups in total. The van der Waals surface area contributed by atoms with Gasteiger partial charge in [-0.05, 0) is 45.4 Å². The summed E-state index contributed by atoms with van der Waals surface area (Å²) in [5.41, 5.74) is 3.63. The first-order chi connectivity index (χ1) is 9.89. The largest absolute Gasteiger partial charge is 0.348 e. The highest BCUT2D eigenvalue weighted by Crippen LogP contribution is 2.35. The number of aromatic amines is 1. The smallest absolute Gasteiger partial charge is 0.222 e. The lowest BCUT2D eigenvalue weighted by atomic mass is 9.77. The Kier molecular flexibility index (Phi) is 4.86. The molecule has 2 rings (SSSR count). The van der Waals surface area contributed by atoms with E-state index in [4.69, 9.17) is 0 Å². The molecule has 1 aliphatic heterocycles. The van der Waals surface area contributed by atoms with Crippen LogP contribution in [0.2, 0.25) is 0 Å². The predicted molar refractivity (Wildman–Crippen MR) is 84.7 cm³/mol. The lowest BCUT2D eigenvalue weighted by Gasteiger charge is -2.40. The molecule has 1 atom stereocenters. The van der Waals surface area contributed by atoms with Crippen LogP contribution in [0.5, 0.6) is 0 Å². The number of amides is 1. The molecule has 2 heterocycles. The van der Waals surface area contributed by atoms with Crippen molar-refractivity contribution >= 4 is 5.91 Å². The van der Waals surface area contributed by atoms with Crippen molar-refractivity contribution in [1.29, 1.82) is 0 Å². The van der Waals surface area contributed by atoms with Gasteiger partial charge in [0.05, 0.1) is 18.6 Å². The molecule has 0 aromatic carbocycles. The van der Waals surface area contributed by atoms with E-state index in [-0.39, 0.29) is 11.3 Å². The lowest BCUT2D eigenvalue weighted by Crippen LogP contribution is -2.44. The fourth-order valence-corrected chi connectivity index (χ4v) is 2.98. The van der Waals surface area contributed by atoms with Gasteiger partial charge in [0.25, 0.3) is 0 Å². The van der Waals surface area contributed by atoms with Gasteiger partial charge in [-0.2, -0.15) is 0 Å². The summed E-state index contributed by atoms with van der Waals surface area (Å²) in [6, 6.07) is 0. The number of piperidine rings is 1. The zero-order chi connectivity index (χ0) is 15.5. The zero-order valence-electron chi connectivity index (χ0n) is 13.7. The molecule has 1 fully saturated rings. The molecule has 1 aromatic heterocycles. The summed E-state index contributed by atoms with van der Waals surface area (Å²) < 4.78 is 0. The number of H-pyrrole nitrogens is 1. The van der Waals surface area contributed by atoms with Crippen LogP contribution in [0.3, 0.4) is 0 Å². The molecule has 4 nitrogen and oxygen atoms in total. The Hall–Kier alpha value is -1.58. The van der Waals surface area contributed by atoms with Crippen molar-refractivity contribution in [1.82, 2.24) is 14.9 Å². The van der Waals surface area contributed by atoms with Gasteiger partial charge in [0, 0.05) is 18.7 Å². The Bertz CT molecular complexity index is 528. The Morgan fingerprint density at radius 2 is 2.29 bits per heavy atom. The zero-order valence-corrected chi connectivity index (χ0v) is 13.7. The minimum Gasteiger partial charge on any atom is -0.348 e. The SMILES string of the molecule is CC(C)=CCCC1(C)CCC(=O)N(Cc2nc[nH]c2C)C1. The van der Waals surface area contributed by atoms with Crippen LogP contribution in [-0.2, 0) is 11.3 Å². The molecule has 1 unspecified atom stereocenters. The van der Waals surface area contributed by atoms with Crippen LogP contribution in [0.15, 0.2) is 18.0 Å². The number of aromatic nitrogens is 2. The van der Waals surface area contributed by atoms with Crippen molar-refractivity contribution in [3.8, 4) is 0 Å². The standard InChI is InChI=1S/C17H27N3O/c1-13(2)6-5-8-17(4)9-7-16(21)20(11-17)10-15-14(3)18-12-19-15/h6,12H,5,7-11H2,1-4H3,(H,18,19). The van der Waals surface area contributed by atoms with Crippen LogP contribution in [0, 0.1) is 12.3 Å². The fraction of sp³-hybridized carbons (Fsp3) is 0.647. The summed E-state index contributed by atoms with van der Waals surface area (Å²) in [6.45, 7) is 10.1. The molecule has 0 radical (unpaired) electrons. The maximum atomic E-state index is 12.2. The number of nitrogens with one attached hydrogen (secondary N) is 1. The molecule has 1 aliphatic rings. The summed E-state index contributed by atoms with van der Waals surface area (Å²) in [7, 11) is 0. The van der Waals surface area contributed by atoms with Crippen molar-refractivity contribution in [2.45, 2.75) is 59.9 Å². The Morgan fingerprint density at radius 1 is 1.52 bits per heavy atom. The monoisotopic (exact) mass is 289 g/mol. The number of carbonyl (C=O) groups excluding carboxylic acids is 1. The average Bonchev–Trinajstić information content (AvgIpc) is 2.79. The Balaban J connectivity index is 2.00. The Morgan fingerprint density at radius 3 is 2.90 bits per heavy atom. The maximum absolute atomic E-state index is 12.2. The quantitative estimate of drug-likeness (QED) is 0.842. The fourth-order valence-electron chi connectivity index (χ4n) is 2.98. The van der Waals surface area contributed by atoms with Crippen LogP contribution in [0.4, 0.5) is 0 Å². The number of aryl methyl sites for hydroxylation is 1. The topological polar surface area (TPSA) is 49.0 Å². The van der Waals surface area contributed by atoms with E-state index in [0.29, 0.717) is 13.0 Å². The van der Waals surface area contributed by atoms with Gasteiger partial charge < -0.3 is 9.88 Å². The first-order valence-corrected chi connectivity index (χ1v) is 7.80. The highest BCUT2D eigenvalue weighted by atomic mass is 16.2. The number of hydrogen-bond donors (Lipinski definition) is 1. The third-order valence-electron chi connectivity index (χ3n) is 4.44. The van der Waals surface area contributed by atoms with Gasteiger partial charge in [0.2, 0.25) is 5.91 Å². The van der Waals surface area contributed by atoms with Crippen molar-refractivity contribution in [3.05, 3.63) is 29.4 Å². The lowest BCUT2D eigenvalue weighted by molar-refractivity contribution is -0.138. The second-order valence-corrected chi connectivity index (χ2v) is 6.85. The molecule has 116 valence electrons. The van der Waals surface area contributed by atoms with E-state index in [1.54, 1.807) is 6.33 Å². The van der Waals surface area contributed by atoms with Crippen LogP contribution in [0.25, 0.3) is 0 Å².